The van der Waals surface area contributed by atoms with Crippen LogP contribution in [0, 0.1) is 5.92 Å². The summed E-state index contributed by atoms with van der Waals surface area (Å²) in [5, 5.41) is 11.7. The van der Waals surface area contributed by atoms with E-state index in [4.69, 9.17) is 5.11 Å². The fourth-order valence-electron chi connectivity index (χ4n) is 2.24. The molecule has 2 heterocycles. The summed E-state index contributed by atoms with van der Waals surface area (Å²) in [6, 6.07) is 3.50. The predicted molar refractivity (Wildman–Crippen MR) is 77.4 cm³/mol. The number of likely N-dealkylation sites (tertiary alicyclic amines) is 1. The number of aromatic nitrogens is 1. The molecule has 0 aliphatic carbocycles. The minimum absolute atomic E-state index is 0.175. The summed E-state index contributed by atoms with van der Waals surface area (Å²) in [4.78, 5) is 28.8. The molecule has 20 heavy (non-hydrogen) atoms. The Bertz CT molecular complexity index is 492. The Kier molecular flexibility index (Phi) is 5.08. The van der Waals surface area contributed by atoms with E-state index in [0.717, 1.165) is 17.4 Å². The fraction of sp³-hybridized carbons (Fsp3) is 0.462. The van der Waals surface area contributed by atoms with Gasteiger partial charge in [-0.3, -0.25) is 14.5 Å². The molecule has 0 radical (unpaired) electrons. The quantitative estimate of drug-likeness (QED) is 0.868. The van der Waals surface area contributed by atoms with Crippen molar-refractivity contribution in [1.29, 1.82) is 0 Å². The normalized spacial score (nSPS) is 19.6. The third kappa shape index (κ3) is 4.28. The summed E-state index contributed by atoms with van der Waals surface area (Å²) in [7, 11) is 0. The predicted octanol–water partition coefficient (Wildman–Crippen LogP) is 1.58. The summed E-state index contributed by atoms with van der Waals surface area (Å²) < 4.78 is 0.843. The van der Waals surface area contributed by atoms with Gasteiger partial charge in [0.1, 0.15) is 5.82 Å². The fourth-order valence-corrected chi connectivity index (χ4v) is 2.47. The zero-order chi connectivity index (χ0) is 14.5. The van der Waals surface area contributed by atoms with E-state index in [1.54, 1.807) is 18.3 Å². The minimum atomic E-state index is -0.787. The number of hydrogen-bond donors (Lipinski definition) is 2. The van der Waals surface area contributed by atoms with Crippen molar-refractivity contribution in [2.24, 2.45) is 5.92 Å². The van der Waals surface area contributed by atoms with Gasteiger partial charge in [0.2, 0.25) is 5.91 Å². The van der Waals surface area contributed by atoms with Crippen LogP contribution in [0.5, 0.6) is 0 Å². The average Bonchev–Trinajstić information content (AvgIpc) is 2.41. The molecule has 7 heteroatoms. The van der Waals surface area contributed by atoms with Gasteiger partial charge in [0.05, 0.1) is 12.5 Å². The summed E-state index contributed by atoms with van der Waals surface area (Å²) in [6.45, 7) is 1.38. The number of carboxylic acid groups (broad SMARTS) is 1. The number of halogens is 1. The first kappa shape index (κ1) is 14.9. The highest BCUT2D eigenvalue weighted by molar-refractivity contribution is 9.10. The molecule has 1 aliphatic rings. The first-order valence-corrected chi connectivity index (χ1v) is 7.20. The number of hydrogen-bond acceptors (Lipinski definition) is 4. The van der Waals surface area contributed by atoms with Gasteiger partial charge in [-0.15, -0.1) is 0 Å². The maximum Gasteiger partial charge on any atom is 0.307 e. The number of piperidine rings is 1. The van der Waals surface area contributed by atoms with Crippen LogP contribution in [-0.4, -0.2) is 46.5 Å². The number of nitrogens with one attached hydrogen (secondary N) is 1. The third-order valence-corrected chi connectivity index (χ3v) is 3.69. The molecule has 1 fully saturated rings. The van der Waals surface area contributed by atoms with Gasteiger partial charge in [-0.2, -0.15) is 0 Å². The van der Waals surface area contributed by atoms with Crippen LogP contribution < -0.4 is 5.32 Å². The van der Waals surface area contributed by atoms with Gasteiger partial charge < -0.3 is 10.4 Å². The zero-order valence-electron chi connectivity index (χ0n) is 10.9. The van der Waals surface area contributed by atoms with Crippen molar-refractivity contribution < 1.29 is 14.7 Å². The van der Waals surface area contributed by atoms with Crippen molar-refractivity contribution in [3.8, 4) is 0 Å². The largest absolute Gasteiger partial charge is 0.481 e. The van der Waals surface area contributed by atoms with Crippen LogP contribution in [-0.2, 0) is 9.59 Å². The van der Waals surface area contributed by atoms with Gasteiger partial charge in [0.15, 0.2) is 0 Å². The lowest BCUT2D eigenvalue weighted by Crippen LogP contribution is -2.42. The average molecular weight is 342 g/mol. The summed E-state index contributed by atoms with van der Waals surface area (Å²) >= 11 is 3.27. The van der Waals surface area contributed by atoms with E-state index >= 15 is 0 Å². The van der Waals surface area contributed by atoms with E-state index in [9.17, 15) is 9.59 Å². The highest BCUT2D eigenvalue weighted by Gasteiger charge is 2.26. The van der Waals surface area contributed by atoms with Gasteiger partial charge in [-0.25, -0.2) is 4.98 Å². The lowest BCUT2D eigenvalue weighted by Gasteiger charge is -2.29. The standard InChI is InChI=1S/C13H16BrN3O3/c14-10-3-4-11(15-6-10)16-12(18)8-17-5-1-2-9(7-17)13(19)20/h3-4,6,9H,1-2,5,7-8H2,(H,19,20)(H,15,16,18)/t9-/m0/s1. The molecule has 0 spiro atoms. The van der Waals surface area contributed by atoms with Crippen LogP contribution in [0.4, 0.5) is 5.82 Å². The molecule has 1 aliphatic heterocycles. The molecule has 0 bridgehead atoms. The number of nitrogens with zero attached hydrogens (tertiary/aromatic N) is 2. The van der Waals surface area contributed by atoms with Crippen LogP contribution >= 0.6 is 15.9 Å². The summed E-state index contributed by atoms with van der Waals surface area (Å²) in [5.41, 5.74) is 0. The molecule has 0 aromatic carbocycles. The second-order valence-corrected chi connectivity index (χ2v) is 5.74. The van der Waals surface area contributed by atoms with Crippen molar-refractivity contribution in [2.45, 2.75) is 12.8 Å². The lowest BCUT2D eigenvalue weighted by molar-refractivity contribution is -0.144. The van der Waals surface area contributed by atoms with E-state index in [1.807, 2.05) is 4.90 Å². The number of carbonyl (C=O) groups is 2. The zero-order valence-corrected chi connectivity index (χ0v) is 12.5. The Morgan fingerprint density at radius 1 is 1.50 bits per heavy atom. The SMILES string of the molecule is O=C(CN1CCC[C@H](C(=O)O)C1)Nc1ccc(Br)cn1. The summed E-state index contributed by atoms with van der Waals surface area (Å²) in [6.07, 6.45) is 3.10. The van der Waals surface area contributed by atoms with E-state index in [-0.39, 0.29) is 18.4 Å². The Labute approximate surface area is 125 Å². The Balaban J connectivity index is 1.85. The number of aliphatic carboxylic acids is 1. The van der Waals surface area contributed by atoms with Gasteiger partial charge in [0.25, 0.3) is 0 Å². The van der Waals surface area contributed by atoms with Crippen LogP contribution in [0.3, 0.4) is 0 Å². The van der Waals surface area contributed by atoms with Gasteiger partial charge in [-0.05, 0) is 47.4 Å². The molecule has 1 atom stereocenters. The maximum absolute atomic E-state index is 11.9. The van der Waals surface area contributed by atoms with Crippen molar-refractivity contribution in [2.75, 3.05) is 25.0 Å². The van der Waals surface area contributed by atoms with Crippen LogP contribution in [0.15, 0.2) is 22.8 Å². The smallest absolute Gasteiger partial charge is 0.307 e. The molecule has 6 nitrogen and oxygen atoms in total. The van der Waals surface area contributed by atoms with Crippen LogP contribution in [0.1, 0.15) is 12.8 Å². The first-order valence-electron chi connectivity index (χ1n) is 6.41. The Morgan fingerprint density at radius 3 is 2.95 bits per heavy atom. The molecule has 1 amide bonds. The Hall–Kier alpha value is -1.47. The second kappa shape index (κ2) is 6.81. The number of amides is 1. The number of anilines is 1. The number of carboxylic acids is 1. The summed E-state index contributed by atoms with van der Waals surface area (Å²) in [5.74, 6) is -0.845. The number of carbonyl (C=O) groups excluding carboxylic acids is 1. The van der Waals surface area contributed by atoms with Crippen LogP contribution in [0.25, 0.3) is 0 Å². The number of pyridine rings is 1. The number of rotatable bonds is 4. The molecule has 0 unspecified atom stereocenters. The van der Waals surface area contributed by atoms with Crippen molar-refractivity contribution in [3.63, 3.8) is 0 Å². The van der Waals surface area contributed by atoms with E-state index in [0.29, 0.717) is 18.8 Å². The van der Waals surface area contributed by atoms with E-state index in [1.165, 1.54) is 0 Å². The molecule has 1 saturated heterocycles. The third-order valence-electron chi connectivity index (χ3n) is 3.22. The molecule has 0 saturated carbocycles. The van der Waals surface area contributed by atoms with Crippen molar-refractivity contribution in [1.82, 2.24) is 9.88 Å². The van der Waals surface area contributed by atoms with Crippen molar-refractivity contribution >= 4 is 33.6 Å². The van der Waals surface area contributed by atoms with E-state index in [2.05, 4.69) is 26.2 Å². The van der Waals surface area contributed by atoms with Gasteiger partial charge in [-0.1, -0.05) is 0 Å². The first-order chi connectivity index (χ1) is 9.54. The van der Waals surface area contributed by atoms with Crippen molar-refractivity contribution in [3.05, 3.63) is 22.8 Å². The highest BCUT2D eigenvalue weighted by atomic mass is 79.9. The second-order valence-electron chi connectivity index (χ2n) is 4.82. The Morgan fingerprint density at radius 2 is 2.30 bits per heavy atom. The molecular weight excluding hydrogens is 326 g/mol. The molecular formula is C13H16BrN3O3. The van der Waals surface area contributed by atoms with E-state index < -0.39 is 5.97 Å². The van der Waals surface area contributed by atoms with Gasteiger partial charge in [0, 0.05) is 17.2 Å². The monoisotopic (exact) mass is 341 g/mol. The molecule has 2 N–H and O–H groups in total. The molecule has 2 rings (SSSR count). The minimum Gasteiger partial charge on any atom is -0.481 e. The lowest BCUT2D eigenvalue weighted by atomic mass is 9.98. The van der Waals surface area contributed by atoms with Crippen LogP contribution in [0.2, 0.25) is 0 Å². The molecule has 108 valence electrons. The molecule has 1 aromatic heterocycles. The maximum atomic E-state index is 11.9. The van der Waals surface area contributed by atoms with Gasteiger partial charge >= 0.3 is 5.97 Å². The molecule has 1 aromatic rings. The topological polar surface area (TPSA) is 82.5 Å². The highest BCUT2D eigenvalue weighted by Crippen LogP contribution is 2.16.